The predicted octanol–water partition coefficient (Wildman–Crippen LogP) is 3.55. The zero-order chi connectivity index (χ0) is 31.9. The van der Waals surface area contributed by atoms with Crippen molar-refractivity contribution >= 4 is 29.3 Å². The van der Waals surface area contributed by atoms with E-state index in [2.05, 4.69) is 10.1 Å². The van der Waals surface area contributed by atoms with Crippen molar-refractivity contribution in [2.75, 3.05) is 60.6 Å². The Hall–Kier alpha value is -4.79. The molecule has 1 aliphatic heterocycles. The van der Waals surface area contributed by atoms with E-state index in [4.69, 9.17) is 28.8 Å². The van der Waals surface area contributed by atoms with Crippen molar-refractivity contribution in [2.45, 2.75) is 32.3 Å². The minimum atomic E-state index is -0.955. The number of anilines is 1. The summed E-state index contributed by atoms with van der Waals surface area (Å²) in [5, 5.41) is 21.3. The van der Waals surface area contributed by atoms with E-state index in [-0.39, 0.29) is 58.7 Å². The molecule has 0 aliphatic carbocycles. The van der Waals surface area contributed by atoms with Gasteiger partial charge in [0.2, 0.25) is 0 Å². The van der Waals surface area contributed by atoms with Gasteiger partial charge in [-0.1, -0.05) is 0 Å². The average molecular weight is 608 g/mol. The number of hydrogen-bond acceptors (Lipinski definition) is 12. The van der Waals surface area contributed by atoms with Crippen LogP contribution in [0, 0.1) is 10.1 Å². The van der Waals surface area contributed by atoms with Crippen molar-refractivity contribution in [1.82, 2.24) is 4.90 Å². The molecule has 0 atom stereocenters. The minimum absolute atomic E-state index is 0.0459. The van der Waals surface area contributed by atoms with Crippen molar-refractivity contribution in [1.29, 1.82) is 0 Å². The quantitative estimate of drug-likeness (QED) is 0.146. The number of rotatable bonds is 13. The van der Waals surface area contributed by atoms with Crippen LogP contribution in [0.3, 0.4) is 0 Å². The van der Waals surface area contributed by atoms with Crippen molar-refractivity contribution in [3.8, 4) is 23.0 Å². The highest BCUT2D eigenvalue weighted by Gasteiger charge is 2.26. The van der Waals surface area contributed by atoms with Gasteiger partial charge in [-0.15, -0.1) is 0 Å². The molecule has 0 unspecified atom stereocenters. The summed E-state index contributed by atoms with van der Waals surface area (Å²) in [5.41, 5.74) is -0.00245. The lowest BCUT2D eigenvalue weighted by Gasteiger charge is -2.20. The molecule has 0 bridgehead atoms. The van der Waals surface area contributed by atoms with Gasteiger partial charge in [0.1, 0.15) is 6.61 Å². The molecule has 0 radical (unpaired) electrons. The number of esters is 1. The van der Waals surface area contributed by atoms with E-state index in [0.717, 1.165) is 26.0 Å². The van der Waals surface area contributed by atoms with E-state index in [0.29, 0.717) is 25.3 Å². The molecule has 0 aromatic heterocycles. The van der Waals surface area contributed by atoms with E-state index in [9.17, 15) is 24.5 Å². The molecular formula is C28H37N3O12. The number of nitro benzene ring substituents is 1. The van der Waals surface area contributed by atoms with Crippen LogP contribution in [0.15, 0.2) is 24.3 Å². The molecule has 1 saturated heterocycles. The Morgan fingerprint density at radius 3 is 2.12 bits per heavy atom. The van der Waals surface area contributed by atoms with E-state index < -0.39 is 23.6 Å². The third-order valence-corrected chi connectivity index (χ3v) is 6.31. The number of nitro groups is 1. The Labute approximate surface area is 248 Å². The molecule has 2 N–H and O–H groups in total. The molecule has 3 rings (SSSR count). The van der Waals surface area contributed by atoms with E-state index in [1.807, 2.05) is 0 Å². The number of benzene rings is 2. The van der Waals surface area contributed by atoms with Crippen molar-refractivity contribution in [2.24, 2.45) is 0 Å². The van der Waals surface area contributed by atoms with Crippen LogP contribution in [-0.4, -0.2) is 88.1 Å². The number of carbonyl (C=O) groups is 3. The first-order valence-corrected chi connectivity index (χ1v) is 13.2. The number of ether oxygens (including phenoxy) is 6. The fourth-order valence-electron chi connectivity index (χ4n) is 4.19. The zero-order valence-corrected chi connectivity index (χ0v) is 24.8. The molecule has 15 nitrogen and oxygen atoms in total. The van der Waals surface area contributed by atoms with Crippen LogP contribution in [0.1, 0.15) is 41.6 Å². The maximum absolute atomic E-state index is 13.2. The normalized spacial score (nSPS) is 11.9. The number of nitrogens with one attached hydrogen (secondary N) is 1. The Balaban J connectivity index is 0.00000316. The van der Waals surface area contributed by atoms with Gasteiger partial charge in [-0.3, -0.25) is 25.0 Å². The molecule has 43 heavy (non-hydrogen) atoms. The molecule has 1 heterocycles. The second-order valence-electron chi connectivity index (χ2n) is 8.87. The van der Waals surface area contributed by atoms with Gasteiger partial charge in [-0.25, -0.2) is 4.79 Å². The third kappa shape index (κ3) is 9.36. The lowest BCUT2D eigenvalue weighted by molar-refractivity contribution is -0.385. The largest absolute Gasteiger partial charge is 0.493 e. The highest BCUT2D eigenvalue weighted by Crippen LogP contribution is 2.36. The molecule has 2 aromatic carbocycles. The number of aliphatic hydroxyl groups is 1. The number of likely N-dealkylation sites (tertiary alicyclic amines) is 1. The van der Waals surface area contributed by atoms with Gasteiger partial charge in [0.25, 0.3) is 11.6 Å². The van der Waals surface area contributed by atoms with Gasteiger partial charge in [0.15, 0.2) is 23.0 Å². The molecule has 2 amide bonds. The highest BCUT2D eigenvalue weighted by molar-refractivity contribution is 6.03. The van der Waals surface area contributed by atoms with Crippen molar-refractivity contribution in [3.63, 3.8) is 0 Å². The molecule has 1 fully saturated rings. The van der Waals surface area contributed by atoms with Crippen molar-refractivity contribution in [3.05, 3.63) is 45.5 Å². The standard InChI is InChI=1S/C27H33N3O11.CH4O/c1-36-21-12-17(20(30(34)35)15-24(21)40-11-7-8-25(31)39-4)16-41-27(33)28-19-14-23(38-3)22(37-2)13-18(19)26(32)29-9-5-6-10-29;1-2/h12-15H,5-11,16H2,1-4H3,(H,28,33);2H,1H3. The zero-order valence-electron chi connectivity index (χ0n) is 24.8. The first-order valence-electron chi connectivity index (χ1n) is 13.2. The first-order chi connectivity index (χ1) is 20.7. The summed E-state index contributed by atoms with van der Waals surface area (Å²) >= 11 is 0. The van der Waals surface area contributed by atoms with Crippen LogP contribution in [-0.2, 0) is 20.9 Å². The summed E-state index contributed by atoms with van der Waals surface area (Å²) in [6.07, 6.45) is 1.25. The molecule has 15 heteroatoms. The number of nitrogens with zero attached hydrogens (tertiary/aromatic N) is 2. The smallest absolute Gasteiger partial charge is 0.411 e. The first kappa shape index (κ1) is 34.4. The van der Waals surface area contributed by atoms with Crippen LogP contribution in [0.25, 0.3) is 0 Å². The predicted molar refractivity (Wildman–Crippen MR) is 153 cm³/mol. The highest BCUT2D eigenvalue weighted by atomic mass is 16.6. The van der Waals surface area contributed by atoms with E-state index in [1.54, 1.807) is 4.90 Å². The summed E-state index contributed by atoms with van der Waals surface area (Å²) in [7, 11) is 6.48. The maximum Gasteiger partial charge on any atom is 0.411 e. The van der Waals surface area contributed by atoms with Gasteiger partial charge in [0.05, 0.1) is 62.9 Å². The molecule has 236 valence electrons. The Morgan fingerprint density at radius 1 is 0.930 bits per heavy atom. The Bertz CT molecular complexity index is 1280. The molecule has 0 spiro atoms. The summed E-state index contributed by atoms with van der Waals surface area (Å²) in [5.74, 6) is 0.158. The Kier molecular flexibility index (Phi) is 13.8. The number of hydrogen-bond donors (Lipinski definition) is 2. The number of aliphatic hydroxyl groups excluding tert-OH is 1. The van der Waals surface area contributed by atoms with Crippen LogP contribution in [0.4, 0.5) is 16.2 Å². The van der Waals surface area contributed by atoms with Crippen LogP contribution in [0.5, 0.6) is 23.0 Å². The summed E-state index contributed by atoms with van der Waals surface area (Å²) in [6, 6.07) is 5.42. The van der Waals surface area contributed by atoms with Gasteiger partial charge in [-0.05, 0) is 31.4 Å². The number of methoxy groups -OCH3 is 4. The van der Waals surface area contributed by atoms with Crippen LogP contribution >= 0.6 is 0 Å². The second-order valence-corrected chi connectivity index (χ2v) is 8.87. The van der Waals surface area contributed by atoms with Gasteiger partial charge in [0, 0.05) is 32.7 Å². The second kappa shape index (κ2) is 17.2. The number of carbonyl (C=O) groups excluding carboxylic acids is 3. The lowest BCUT2D eigenvalue weighted by Crippen LogP contribution is -2.29. The molecule has 2 aromatic rings. The lowest BCUT2D eigenvalue weighted by atomic mass is 10.1. The number of amides is 2. The topological polar surface area (TPSA) is 185 Å². The van der Waals surface area contributed by atoms with Gasteiger partial charge in [-0.2, -0.15) is 0 Å². The Morgan fingerprint density at radius 2 is 1.53 bits per heavy atom. The molecule has 1 aliphatic rings. The average Bonchev–Trinajstić information content (AvgIpc) is 3.57. The van der Waals surface area contributed by atoms with Gasteiger partial charge >= 0.3 is 12.1 Å². The third-order valence-electron chi connectivity index (χ3n) is 6.31. The summed E-state index contributed by atoms with van der Waals surface area (Å²) in [6.45, 7) is 0.787. The summed E-state index contributed by atoms with van der Waals surface area (Å²) in [4.78, 5) is 50.1. The minimum Gasteiger partial charge on any atom is -0.493 e. The monoisotopic (exact) mass is 607 g/mol. The van der Waals surface area contributed by atoms with Crippen molar-refractivity contribution < 1.29 is 52.8 Å². The molecular weight excluding hydrogens is 570 g/mol. The fourth-order valence-corrected chi connectivity index (χ4v) is 4.19. The summed E-state index contributed by atoms with van der Waals surface area (Å²) < 4.78 is 31.4. The van der Waals surface area contributed by atoms with Crippen LogP contribution in [0.2, 0.25) is 0 Å². The van der Waals surface area contributed by atoms with E-state index in [1.165, 1.54) is 46.6 Å². The van der Waals surface area contributed by atoms with Crippen LogP contribution < -0.4 is 24.3 Å². The SMILES string of the molecule is CO.COC(=O)CCCOc1cc([N+](=O)[O-])c(COC(=O)Nc2cc(OC)c(OC)cc2C(=O)N2CCCC2)cc1OC. The fraction of sp³-hybridized carbons (Fsp3) is 0.464. The maximum atomic E-state index is 13.2. The molecule has 0 saturated carbocycles. The van der Waals surface area contributed by atoms with Gasteiger partial charge < -0.3 is 38.4 Å². The van der Waals surface area contributed by atoms with E-state index >= 15 is 0 Å².